The second kappa shape index (κ2) is 5.69. The second-order valence-electron chi connectivity index (χ2n) is 4.68. The summed E-state index contributed by atoms with van der Waals surface area (Å²) >= 11 is 0. The molecule has 2 N–H and O–H groups in total. The maximum absolute atomic E-state index is 5.92. The highest BCUT2D eigenvalue weighted by atomic mass is 15.1. The fourth-order valence-corrected chi connectivity index (χ4v) is 2.26. The van der Waals surface area contributed by atoms with Crippen molar-refractivity contribution < 1.29 is 0 Å². The van der Waals surface area contributed by atoms with Crippen LogP contribution in [0.5, 0.6) is 0 Å². The molecule has 0 saturated carbocycles. The van der Waals surface area contributed by atoms with Crippen LogP contribution in [0.3, 0.4) is 0 Å². The van der Waals surface area contributed by atoms with E-state index >= 15 is 0 Å². The Kier molecular flexibility index (Phi) is 4.00. The Balaban J connectivity index is 2.36. The lowest BCUT2D eigenvalue weighted by Gasteiger charge is -2.19. The minimum atomic E-state index is 0.580. The molecule has 0 saturated heterocycles. The lowest BCUT2D eigenvalue weighted by Crippen LogP contribution is -2.14. The molecule has 0 fully saturated rings. The standard InChI is InChI=1S/C16H20N2/c1-18(2)16-10-6-9-14(15(16)12-17)11-13-7-4-3-5-8-13/h3-10H,11-12,17H2,1-2H3. The van der Waals surface area contributed by atoms with E-state index in [-0.39, 0.29) is 0 Å². The summed E-state index contributed by atoms with van der Waals surface area (Å²) in [4.78, 5) is 2.12. The molecule has 2 nitrogen and oxygen atoms in total. The van der Waals surface area contributed by atoms with Crippen LogP contribution < -0.4 is 10.6 Å². The Morgan fingerprint density at radius 2 is 1.67 bits per heavy atom. The molecule has 0 aliphatic heterocycles. The van der Waals surface area contributed by atoms with Crippen molar-refractivity contribution in [3.05, 3.63) is 65.2 Å². The summed E-state index contributed by atoms with van der Waals surface area (Å²) in [5.41, 5.74) is 11.0. The van der Waals surface area contributed by atoms with E-state index in [1.807, 2.05) is 6.07 Å². The SMILES string of the molecule is CN(C)c1cccc(Cc2ccccc2)c1CN. The average Bonchev–Trinajstić information content (AvgIpc) is 2.39. The van der Waals surface area contributed by atoms with Gasteiger partial charge in [0.2, 0.25) is 0 Å². The molecule has 2 rings (SSSR count). The van der Waals surface area contributed by atoms with E-state index in [0.717, 1.165) is 6.42 Å². The van der Waals surface area contributed by atoms with Crippen molar-refractivity contribution in [2.24, 2.45) is 5.73 Å². The van der Waals surface area contributed by atoms with Gasteiger partial charge in [-0.2, -0.15) is 0 Å². The zero-order chi connectivity index (χ0) is 13.0. The summed E-state index contributed by atoms with van der Waals surface area (Å²) in [6, 6.07) is 16.9. The van der Waals surface area contributed by atoms with E-state index in [2.05, 4.69) is 61.5 Å². The van der Waals surface area contributed by atoms with Gasteiger partial charge in [-0.3, -0.25) is 0 Å². The van der Waals surface area contributed by atoms with Crippen LogP contribution in [0.4, 0.5) is 5.69 Å². The van der Waals surface area contributed by atoms with Crippen LogP contribution in [0.15, 0.2) is 48.5 Å². The van der Waals surface area contributed by atoms with Crippen molar-refractivity contribution in [2.75, 3.05) is 19.0 Å². The molecule has 0 unspecified atom stereocenters. The minimum absolute atomic E-state index is 0.580. The number of hydrogen-bond acceptors (Lipinski definition) is 2. The summed E-state index contributed by atoms with van der Waals surface area (Å²) in [7, 11) is 4.11. The third-order valence-electron chi connectivity index (χ3n) is 3.17. The summed E-state index contributed by atoms with van der Waals surface area (Å²) in [6.07, 6.45) is 0.940. The minimum Gasteiger partial charge on any atom is -0.377 e. The van der Waals surface area contributed by atoms with Crippen LogP contribution in [0.1, 0.15) is 16.7 Å². The Morgan fingerprint density at radius 3 is 2.28 bits per heavy atom. The van der Waals surface area contributed by atoms with Crippen molar-refractivity contribution in [3.8, 4) is 0 Å². The van der Waals surface area contributed by atoms with E-state index in [9.17, 15) is 0 Å². The van der Waals surface area contributed by atoms with E-state index in [4.69, 9.17) is 5.73 Å². The van der Waals surface area contributed by atoms with E-state index in [1.54, 1.807) is 0 Å². The molecule has 0 atom stereocenters. The fraction of sp³-hybridized carbons (Fsp3) is 0.250. The molecule has 0 aliphatic rings. The van der Waals surface area contributed by atoms with Gasteiger partial charge in [-0.25, -0.2) is 0 Å². The molecular formula is C16H20N2. The van der Waals surface area contributed by atoms with Crippen LogP contribution in [0.25, 0.3) is 0 Å². The largest absolute Gasteiger partial charge is 0.377 e. The summed E-state index contributed by atoms with van der Waals surface area (Å²) in [5.74, 6) is 0. The molecule has 0 aliphatic carbocycles. The lowest BCUT2D eigenvalue weighted by molar-refractivity contribution is 0.989. The summed E-state index contributed by atoms with van der Waals surface area (Å²) in [5, 5.41) is 0. The van der Waals surface area contributed by atoms with Crippen LogP contribution in [-0.4, -0.2) is 14.1 Å². The number of anilines is 1. The van der Waals surface area contributed by atoms with Gasteiger partial charge < -0.3 is 10.6 Å². The molecule has 94 valence electrons. The smallest absolute Gasteiger partial charge is 0.0409 e. The molecule has 0 bridgehead atoms. The first kappa shape index (κ1) is 12.7. The van der Waals surface area contributed by atoms with E-state index in [1.165, 1.54) is 22.4 Å². The molecular weight excluding hydrogens is 220 g/mol. The maximum atomic E-state index is 5.92. The highest BCUT2D eigenvalue weighted by Gasteiger charge is 2.08. The Hall–Kier alpha value is -1.80. The molecule has 2 heteroatoms. The first-order valence-corrected chi connectivity index (χ1v) is 6.24. The molecule has 18 heavy (non-hydrogen) atoms. The normalized spacial score (nSPS) is 10.4. The van der Waals surface area contributed by atoms with E-state index in [0.29, 0.717) is 6.54 Å². The highest BCUT2D eigenvalue weighted by molar-refractivity contribution is 5.56. The predicted molar refractivity (Wildman–Crippen MR) is 77.9 cm³/mol. The number of nitrogens with two attached hydrogens (primary N) is 1. The first-order valence-electron chi connectivity index (χ1n) is 6.24. The molecule has 0 amide bonds. The van der Waals surface area contributed by atoms with Gasteiger partial charge in [0.05, 0.1) is 0 Å². The Morgan fingerprint density at radius 1 is 0.944 bits per heavy atom. The number of benzene rings is 2. The average molecular weight is 240 g/mol. The van der Waals surface area contributed by atoms with Gasteiger partial charge in [0.25, 0.3) is 0 Å². The molecule has 0 heterocycles. The molecule has 2 aromatic carbocycles. The highest BCUT2D eigenvalue weighted by Crippen LogP contribution is 2.24. The monoisotopic (exact) mass is 240 g/mol. The van der Waals surface area contributed by atoms with Crippen LogP contribution in [-0.2, 0) is 13.0 Å². The molecule has 0 aromatic heterocycles. The Labute approximate surface area is 109 Å². The quantitative estimate of drug-likeness (QED) is 0.890. The lowest BCUT2D eigenvalue weighted by atomic mass is 9.98. The van der Waals surface area contributed by atoms with Gasteiger partial charge in [0.15, 0.2) is 0 Å². The fourth-order valence-electron chi connectivity index (χ4n) is 2.26. The Bertz CT molecular complexity index is 504. The number of rotatable bonds is 4. The molecule has 0 spiro atoms. The van der Waals surface area contributed by atoms with Gasteiger partial charge in [0, 0.05) is 26.3 Å². The third kappa shape index (κ3) is 2.71. The van der Waals surface area contributed by atoms with Crippen LogP contribution in [0, 0.1) is 0 Å². The third-order valence-corrected chi connectivity index (χ3v) is 3.17. The number of hydrogen-bond donors (Lipinski definition) is 1. The summed E-state index contributed by atoms with van der Waals surface area (Å²) < 4.78 is 0. The van der Waals surface area contributed by atoms with E-state index < -0.39 is 0 Å². The van der Waals surface area contributed by atoms with Gasteiger partial charge in [0.1, 0.15) is 0 Å². The zero-order valence-electron chi connectivity index (χ0n) is 11.1. The van der Waals surface area contributed by atoms with Crippen LogP contribution >= 0.6 is 0 Å². The van der Waals surface area contributed by atoms with Gasteiger partial charge in [-0.1, -0.05) is 42.5 Å². The van der Waals surface area contributed by atoms with Crippen LogP contribution in [0.2, 0.25) is 0 Å². The van der Waals surface area contributed by atoms with Gasteiger partial charge in [-0.05, 0) is 29.2 Å². The van der Waals surface area contributed by atoms with Crippen molar-refractivity contribution in [2.45, 2.75) is 13.0 Å². The number of nitrogens with zero attached hydrogens (tertiary/aromatic N) is 1. The van der Waals surface area contributed by atoms with Gasteiger partial charge >= 0.3 is 0 Å². The summed E-state index contributed by atoms with van der Waals surface area (Å²) in [6.45, 7) is 0.580. The van der Waals surface area contributed by atoms with Crippen molar-refractivity contribution in [1.82, 2.24) is 0 Å². The van der Waals surface area contributed by atoms with Gasteiger partial charge in [-0.15, -0.1) is 0 Å². The molecule has 2 aromatic rings. The maximum Gasteiger partial charge on any atom is 0.0409 e. The zero-order valence-corrected chi connectivity index (χ0v) is 11.1. The van der Waals surface area contributed by atoms with Crippen molar-refractivity contribution >= 4 is 5.69 Å². The topological polar surface area (TPSA) is 29.3 Å². The first-order chi connectivity index (χ1) is 8.72. The van der Waals surface area contributed by atoms with Crippen molar-refractivity contribution in [3.63, 3.8) is 0 Å². The predicted octanol–water partition coefficient (Wildman–Crippen LogP) is 2.80. The van der Waals surface area contributed by atoms with Crippen molar-refractivity contribution in [1.29, 1.82) is 0 Å². The second-order valence-corrected chi connectivity index (χ2v) is 4.68. The molecule has 0 radical (unpaired) electrons.